The molecule has 1 aromatic heterocycles. The molecule has 0 N–H and O–H groups in total. The molecular weight excluding hydrogens is 282 g/mol. The van der Waals surface area contributed by atoms with E-state index in [-0.39, 0.29) is 11.9 Å². The van der Waals surface area contributed by atoms with Crippen LogP contribution < -0.4 is 0 Å². The quantitative estimate of drug-likeness (QED) is 0.805. The molecule has 1 saturated heterocycles. The van der Waals surface area contributed by atoms with E-state index in [9.17, 15) is 9.59 Å². The van der Waals surface area contributed by atoms with Gasteiger partial charge in [0.05, 0.1) is 11.8 Å². The molecule has 1 atom stereocenters. The van der Waals surface area contributed by atoms with E-state index in [2.05, 4.69) is 5.10 Å². The summed E-state index contributed by atoms with van der Waals surface area (Å²) in [4.78, 5) is 25.2. The third kappa shape index (κ3) is 4.58. The van der Waals surface area contributed by atoms with Gasteiger partial charge in [-0.3, -0.25) is 9.48 Å². The van der Waals surface area contributed by atoms with Crippen molar-refractivity contribution in [3.05, 3.63) is 18.0 Å². The van der Waals surface area contributed by atoms with Gasteiger partial charge >= 0.3 is 6.09 Å². The molecule has 0 aromatic carbocycles. The maximum atomic E-state index is 12.1. The van der Waals surface area contributed by atoms with Gasteiger partial charge in [0, 0.05) is 25.8 Å². The van der Waals surface area contributed by atoms with Crippen molar-refractivity contribution in [2.24, 2.45) is 5.92 Å². The van der Waals surface area contributed by atoms with Gasteiger partial charge in [0.15, 0.2) is 5.78 Å². The van der Waals surface area contributed by atoms with Crippen LogP contribution in [-0.2, 0) is 11.3 Å². The van der Waals surface area contributed by atoms with Crippen LogP contribution in [0.25, 0.3) is 0 Å². The number of hydrogen-bond acceptors (Lipinski definition) is 4. The lowest BCUT2D eigenvalue weighted by atomic mass is 9.98. The standard InChI is InChI=1S/C16H25N3O3/c1-12(20)14-8-17-19(11-14)10-13-6-5-7-18(9-13)15(21)22-16(2,3)4/h8,11,13H,5-7,9-10H2,1-4H3. The second-order valence-corrected chi connectivity index (χ2v) is 6.94. The molecule has 0 saturated carbocycles. The van der Waals surface area contributed by atoms with Crippen LogP contribution in [0.4, 0.5) is 4.79 Å². The number of amides is 1. The molecule has 0 radical (unpaired) electrons. The molecule has 1 aliphatic rings. The molecule has 122 valence electrons. The van der Waals surface area contributed by atoms with Gasteiger partial charge in [-0.25, -0.2) is 4.79 Å². The van der Waals surface area contributed by atoms with Gasteiger partial charge in [0.25, 0.3) is 0 Å². The fourth-order valence-corrected chi connectivity index (χ4v) is 2.62. The van der Waals surface area contributed by atoms with Crippen LogP contribution in [0.15, 0.2) is 12.4 Å². The largest absolute Gasteiger partial charge is 0.444 e. The number of aromatic nitrogens is 2. The first-order valence-corrected chi connectivity index (χ1v) is 7.76. The highest BCUT2D eigenvalue weighted by Gasteiger charge is 2.27. The molecule has 0 bridgehead atoms. The molecule has 1 aliphatic heterocycles. The molecule has 0 aliphatic carbocycles. The third-order valence-corrected chi connectivity index (χ3v) is 3.66. The van der Waals surface area contributed by atoms with Gasteiger partial charge in [-0.1, -0.05) is 0 Å². The Morgan fingerprint density at radius 3 is 2.73 bits per heavy atom. The number of carbonyl (C=O) groups is 2. The minimum Gasteiger partial charge on any atom is -0.444 e. The molecule has 6 nitrogen and oxygen atoms in total. The summed E-state index contributed by atoms with van der Waals surface area (Å²) in [5.74, 6) is 0.353. The lowest BCUT2D eigenvalue weighted by Gasteiger charge is -2.34. The molecule has 2 heterocycles. The first-order chi connectivity index (χ1) is 10.2. The number of likely N-dealkylation sites (tertiary alicyclic amines) is 1. The van der Waals surface area contributed by atoms with E-state index in [1.807, 2.05) is 20.8 Å². The minimum atomic E-state index is -0.470. The first kappa shape index (κ1) is 16.5. The summed E-state index contributed by atoms with van der Waals surface area (Å²) in [5.41, 5.74) is 0.155. The number of hydrogen-bond donors (Lipinski definition) is 0. The summed E-state index contributed by atoms with van der Waals surface area (Å²) < 4.78 is 7.22. The highest BCUT2D eigenvalue weighted by molar-refractivity contribution is 5.93. The number of carbonyl (C=O) groups excluding carboxylic acids is 2. The second-order valence-electron chi connectivity index (χ2n) is 6.94. The van der Waals surface area contributed by atoms with Crippen LogP contribution in [0.2, 0.25) is 0 Å². The molecule has 1 fully saturated rings. The van der Waals surface area contributed by atoms with Gasteiger partial charge in [0.2, 0.25) is 0 Å². The van der Waals surface area contributed by atoms with Gasteiger partial charge in [0.1, 0.15) is 5.60 Å². The monoisotopic (exact) mass is 307 g/mol. The summed E-state index contributed by atoms with van der Waals surface area (Å²) in [6, 6.07) is 0. The Bertz CT molecular complexity index is 545. The van der Waals surface area contributed by atoms with E-state index in [4.69, 9.17) is 4.74 Å². The van der Waals surface area contributed by atoms with Crippen molar-refractivity contribution in [3.63, 3.8) is 0 Å². The lowest BCUT2D eigenvalue weighted by Crippen LogP contribution is -2.43. The summed E-state index contributed by atoms with van der Waals surface area (Å²) in [6.07, 6.45) is 5.13. The second kappa shape index (κ2) is 6.50. The predicted molar refractivity (Wildman–Crippen MR) is 82.8 cm³/mol. The lowest BCUT2D eigenvalue weighted by molar-refractivity contribution is 0.0155. The molecule has 2 rings (SSSR count). The van der Waals surface area contributed by atoms with Crippen LogP contribution in [-0.4, -0.2) is 45.2 Å². The Morgan fingerprint density at radius 1 is 1.41 bits per heavy atom. The van der Waals surface area contributed by atoms with Gasteiger partial charge in [-0.05, 0) is 46.5 Å². The zero-order valence-corrected chi connectivity index (χ0v) is 13.8. The van der Waals surface area contributed by atoms with Gasteiger partial charge in [-0.2, -0.15) is 5.10 Å². The van der Waals surface area contributed by atoms with E-state index in [1.54, 1.807) is 22.0 Å². The Kier molecular flexibility index (Phi) is 4.88. The van der Waals surface area contributed by atoms with Gasteiger partial charge < -0.3 is 9.64 Å². The van der Waals surface area contributed by atoms with Crippen molar-refractivity contribution in [3.8, 4) is 0 Å². The minimum absolute atomic E-state index is 0.0188. The Balaban J connectivity index is 1.92. The summed E-state index contributed by atoms with van der Waals surface area (Å²) in [7, 11) is 0. The van der Waals surface area contributed by atoms with Crippen molar-refractivity contribution >= 4 is 11.9 Å². The first-order valence-electron chi connectivity index (χ1n) is 7.76. The van der Waals surface area contributed by atoms with E-state index in [0.29, 0.717) is 24.6 Å². The Labute approximate surface area is 131 Å². The number of ketones is 1. The number of nitrogens with zero attached hydrogens (tertiary/aromatic N) is 3. The Hall–Kier alpha value is -1.85. The van der Waals surface area contributed by atoms with Crippen LogP contribution >= 0.6 is 0 Å². The Morgan fingerprint density at radius 2 is 2.14 bits per heavy atom. The van der Waals surface area contributed by atoms with Crippen LogP contribution in [0.5, 0.6) is 0 Å². The molecule has 6 heteroatoms. The number of Topliss-reactive ketones (excluding diaryl/α,β-unsaturated/α-hetero) is 1. The van der Waals surface area contributed by atoms with Crippen molar-refractivity contribution in [1.82, 2.24) is 14.7 Å². The molecule has 1 unspecified atom stereocenters. The van der Waals surface area contributed by atoms with Crippen molar-refractivity contribution < 1.29 is 14.3 Å². The highest BCUT2D eigenvalue weighted by Crippen LogP contribution is 2.20. The van der Waals surface area contributed by atoms with Crippen LogP contribution in [0.3, 0.4) is 0 Å². The fraction of sp³-hybridized carbons (Fsp3) is 0.688. The fourth-order valence-electron chi connectivity index (χ4n) is 2.62. The third-order valence-electron chi connectivity index (χ3n) is 3.66. The predicted octanol–water partition coefficient (Wildman–Crippen LogP) is 2.73. The van der Waals surface area contributed by atoms with Crippen molar-refractivity contribution in [2.75, 3.05) is 13.1 Å². The van der Waals surface area contributed by atoms with Crippen LogP contribution in [0.1, 0.15) is 50.9 Å². The summed E-state index contributed by atoms with van der Waals surface area (Å²) >= 11 is 0. The average Bonchev–Trinajstić information content (AvgIpc) is 2.86. The van der Waals surface area contributed by atoms with E-state index < -0.39 is 5.60 Å². The maximum Gasteiger partial charge on any atom is 0.410 e. The van der Waals surface area contributed by atoms with Gasteiger partial charge in [-0.15, -0.1) is 0 Å². The average molecular weight is 307 g/mol. The maximum absolute atomic E-state index is 12.1. The summed E-state index contributed by atoms with van der Waals surface area (Å²) in [6.45, 7) is 9.28. The van der Waals surface area contributed by atoms with Crippen molar-refractivity contribution in [2.45, 2.75) is 52.7 Å². The van der Waals surface area contributed by atoms with E-state index in [0.717, 1.165) is 19.4 Å². The molecule has 22 heavy (non-hydrogen) atoms. The topological polar surface area (TPSA) is 64.4 Å². The normalized spacial score (nSPS) is 19.1. The molecule has 1 aromatic rings. The summed E-state index contributed by atoms with van der Waals surface area (Å²) in [5, 5.41) is 4.22. The highest BCUT2D eigenvalue weighted by atomic mass is 16.6. The van der Waals surface area contributed by atoms with Crippen LogP contribution in [0, 0.1) is 5.92 Å². The zero-order chi connectivity index (χ0) is 16.3. The smallest absolute Gasteiger partial charge is 0.410 e. The molecule has 0 spiro atoms. The SMILES string of the molecule is CC(=O)c1cnn(CC2CCCN(C(=O)OC(C)(C)C)C2)c1. The number of piperidine rings is 1. The van der Waals surface area contributed by atoms with E-state index >= 15 is 0 Å². The van der Waals surface area contributed by atoms with E-state index in [1.165, 1.54) is 6.92 Å². The molecular formula is C16H25N3O3. The number of ether oxygens (including phenoxy) is 1. The number of rotatable bonds is 3. The molecule has 1 amide bonds. The zero-order valence-electron chi connectivity index (χ0n) is 13.8. The van der Waals surface area contributed by atoms with Crippen molar-refractivity contribution in [1.29, 1.82) is 0 Å².